The standard InChI is InChI=1S/C11H20N4O6S/c1-3-13(4-2)12-10(16)9-6-5-8-7-14(9)11(17)15(8)21-22(18,19)20/h8-9H,3-7H2,1-2H3,(H,12,16)(H,18,19,20)/t8-,9+/m1/s1. The largest absolute Gasteiger partial charge is 0.418 e. The van der Waals surface area contributed by atoms with Gasteiger partial charge in [0.1, 0.15) is 6.04 Å². The molecule has 0 spiro atoms. The first-order chi connectivity index (χ1) is 10.3. The quantitative estimate of drug-likeness (QED) is 0.489. The van der Waals surface area contributed by atoms with Gasteiger partial charge in [-0.25, -0.2) is 9.80 Å². The molecule has 0 aliphatic carbocycles. The molecule has 0 aromatic heterocycles. The average molecular weight is 336 g/mol. The molecule has 2 saturated heterocycles. The molecule has 2 N–H and O–H groups in total. The smallest absolute Gasteiger partial charge is 0.309 e. The van der Waals surface area contributed by atoms with Gasteiger partial charge in [0.2, 0.25) is 0 Å². The second kappa shape index (κ2) is 6.36. The van der Waals surface area contributed by atoms with Gasteiger partial charge in [0.25, 0.3) is 5.91 Å². The minimum absolute atomic E-state index is 0.185. The molecule has 0 radical (unpaired) electrons. The van der Waals surface area contributed by atoms with Crippen LogP contribution in [-0.2, 0) is 19.5 Å². The lowest BCUT2D eigenvalue weighted by atomic mass is 10.0. The second-order valence-corrected chi connectivity index (χ2v) is 6.16. The topological polar surface area (TPSA) is 119 Å². The zero-order chi connectivity index (χ0) is 16.5. The van der Waals surface area contributed by atoms with E-state index in [2.05, 4.69) is 9.71 Å². The summed E-state index contributed by atoms with van der Waals surface area (Å²) in [7, 11) is -4.77. The molecule has 11 heteroatoms. The first-order valence-corrected chi connectivity index (χ1v) is 8.45. The highest BCUT2D eigenvalue weighted by atomic mass is 32.3. The number of piperidine rings is 1. The van der Waals surface area contributed by atoms with Crippen molar-refractivity contribution in [1.29, 1.82) is 0 Å². The van der Waals surface area contributed by atoms with Gasteiger partial charge in [-0.05, 0) is 12.8 Å². The van der Waals surface area contributed by atoms with Gasteiger partial charge in [-0.15, -0.1) is 4.28 Å². The van der Waals surface area contributed by atoms with E-state index in [1.807, 2.05) is 13.8 Å². The van der Waals surface area contributed by atoms with E-state index in [-0.39, 0.29) is 12.5 Å². The highest BCUT2D eigenvalue weighted by Crippen LogP contribution is 2.30. The molecule has 2 fully saturated rings. The van der Waals surface area contributed by atoms with E-state index in [4.69, 9.17) is 4.55 Å². The van der Waals surface area contributed by atoms with Crippen LogP contribution >= 0.6 is 0 Å². The molecule has 3 amide bonds. The molecule has 2 heterocycles. The molecule has 22 heavy (non-hydrogen) atoms. The summed E-state index contributed by atoms with van der Waals surface area (Å²) < 4.78 is 34.6. The van der Waals surface area contributed by atoms with E-state index in [9.17, 15) is 18.0 Å². The number of hydrazine groups is 1. The first-order valence-electron chi connectivity index (χ1n) is 7.09. The van der Waals surface area contributed by atoms with Gasteiger partial charge in [-0.2, -0.15) is 13.5 Å². The zero-order valence-electron chi connectivity index (χ0n) is 12.4. The summed E-state index contributed by atoms with van der Waals surface area (Å²) in [5, 5.41) is 2.33. The van der Waals surface area contributed by atoms with Crippen LogP contribution in [0.3, 0.4) is 0 Å². The summed E-state index contributed by atoms with van der Waals surface area (Å²) in [5.74, 6) is -0.316. The van der Waals surface area contributed by atoms with Crippen molar-refractivity contribution in [1.82, 2.24) is 20.4 Å². The highest BCUT2D eigenvalue weighted by molar-refractivity contribution is 7.80. The van der Waals surface area contributed by atoms with Crippen LogP contribution in [0.1, 0.15) is 26.7 Å². The van der Waals surface area contributed by atoms with E-state index in [1.54, 1.807) is 5.01 Å². The number of nitrogens with one attached hydrogen (secondary N) is 1. The zero-order valence-corrected chi connectivity index (χ0v) is 13.2. The second-order valence-electron chi connectivity index (χ2n) is 5.16. The number of carbonyl (C=O) groups is 2. The van der Waals surface area contributed by atoms with Crippen molar-refractivity contribution >= 4 is 22.3 Å². The number of hydroxylamine groups is 2. The third kappa shape index (κ3) is 3.48. The van der Waals surface area contributed by atoms with Crippen molar-refractivity contribution in [3.8, 4) is 0 Å². The number of hydrogen-bond acceptors (Lipinski definition) is 6. The van der Waals surface area contributed by atoms with E-state index in [1.165, 1.54) is 4.90 Å². The predicted octanol–water partition coefficient (Wildman–Crippen LogP) is -0.638. The summed E-state index contributed by atoms with van der Waals surface area (Å²) in [5.41, 5.74) is 2.73. The Hall–Kier alpha value is -1.43. The summed E-state index contributed by atoms with van der Waals surface area (Å²) >= 11 is 0. The Morgan fingerprint density at radius 3 is 2.59 bits per heavy atom. The monoisotopic (exact) mass is 336 g/mol. The van der Waals surface area contributed by atoms with Crippen molar-refractivity contribution in [3.63, 3.8) is 0 Å². The van der Waals surface area contributed by atoms with Gasteiger partial charge < -0.3 is 4.90 Å². The van der Waals surface area contributed by atoms with Crippen LogP contribution in [0.15, 0.2) is 0 Å². The maximum absolute atomic E-state index is 12.3. The Labute approximate surface area is 128 Å². The fraction of sp³-hybridized carbons (Fsp3) is 0.818. The summed E-state index contributed by atoms with van der Waals surface area (Å²) in [6, 6.07) is -1.91. The number of hydrogen-bond donors (Lipinski definition) is 2. The van der Waals surface area contributed by atoms with Crippen molar-refractivity contribution in [3.05, 3.63) is 0 Å². The van der Waals surface area contributed by atoms with Crippen LogP contribution < -0.4 is 5.43 Å². The van der Waals surface area contributed by atoms with Crippen molar-refractivity contribution in [2.45, 2.75) is 38.8 Å². The van der Waals surface area contributed by atoms with Crippen molar-refractivity contribution in [2.75, 3.05) is 19.6 Å². The Morgan fingerprint density at radius 2 is 2.05 bits per heavy atom. The number of fused-ring (bicyclic) bond motifs is 2. The van der Waals surface area contributed by atoms with Crippen LogP contribution in [0, 0.1) is 0 Å². The molecule has 0 aromatic carbocycles. The van der Waals surface area contributed by atoms with Gasteiger partial charge >= 0.3 is 16.4 Å². The van der Waals surface area contributed by atoms with E-state index < -0.39 is 28.5 Å². The predicted molar refractivity (Wildman–Crippen MR) is 74.4 cm³/mol. The highest BCUT2D eigenvalue weighted by Gasteiger charge is 2.49. The molecule has 2 aliphatic heterocycles. The lowest BCUT2D eigenvalue weighted by molar-refractivity contribution is -0.130. The van der Waals surface area contributed by atoms with Gasteiger partial charge in [-0.1, -0.05) is 13.8 Å². The number of amides is 3. The van der Waals surface area contributed by atoms with Crippen LogP contribution in [0.5, 0.6) is 0 Å². The molecule has 0 unspecified atom stereocenters. The number of nitrogens with zero attached hydrogens (tertiary/aromatic N) is 3. The fourth-order valence-electron chi connectivity index (χ4n) is 2.72. The lowest BCUT2D eigenvalue weighted by Crippen LogP contribution is -2.54. The fourth-order valence-corrected chi connectivity index (χ4v) is 3.10. The number of carbonyl (C=O) groups excluding carboxylic acids is 2. The molecule has 2 bridgehead atoms. The first kappa shape index (κ1) is 16.9. The molecule has 0 aromatic rings. The van der Waals surface area contributed by atoms with Crippen LogP contribution in [0.2, 0.25) is 0 Å². The number of rotatable bonds is 6. The molecular weight excluding hydrogens is 316 g/mol. The third-order valence-electron chi connectivity index (χ3n) is 3.83. The molecule has 126 valence electrons. The minimum atomic E-state index is -4.77. The van der Waals surface area contributed by atoms with Gasteiger partial charge in [0.05, 0.1) is 6.04 Å². The normalized spacial score (nSPS) is 25.0. The number of urea groups is 1. The van der Waals surface area contributed by atoms with Crippen molar-refractivity contribution < 1.29 is 26.8 Å². The Morgan fingerprint density at radius 1 is 1.41 bits per heavy atom. The molecule has 2 atom stereocenters. The summed E-state index contributed by atoms with van der Waals surface area (Å²) in [4.78, 5) is 25.7. The van der Waals surface area contributed by atoms with Crippen LogP contribution in [0.25, 0.3) is 0 Å². The maximum Gasteiger partial charge on any atom is 0.418 e. The SMILES string of the molecule is CCN(CC)NC(=O)[C@@H]1CC[C@@H]2CN1C(=O)N2OS(=O)(=O)O. The van der Waals surface area contributed by atoms with Gasteiger partial charge in [0, 0.05) is 19.6 Å². The van der Waals surface area contributed by atoms with E-state index in [0.717, 1.165) is 0 Å². The summed E-state index contributed by atoms with van der Waals surface area (Å²) in [6.45, 7) is 5.23. The van der Waals surface area contributed by atoms with Crippen LogP contribution in [-0.4, -0.2) is 71.6 Å². The molecular formula is C11H20N4O6S. The Balaban J connectivity index is 2.07. The Kier molecular flexibility index (Phi) is 4.90. The third-order valence-corrected chi connectivity index (χ3v) is 4.18. The molecule has 2 aliphatic rings. The molecule has 10 nitrogen and oxygen atoms in total. The van der Waals surface area contributed by atoms with E-state index in [0.29, 0.717) is 31.0 Å². The Bertz CT molecular complexity index is 549. The van der Waals surface area contributed by atoms with E-state index >= 15 is 0 Å². The van der Waals surface area contributed by atoms with Gasteiger partial charge in [0.15, 0.2) is 0 Å². The van der Waals surface area contributed by atoms with Gasteiger partial charge in [-0.3, -0.25) is 14.8 Å². The molecule has 2 rings (SSSR count). The maximum atomic E-state index is 12.3. The van der Waals surface area contributed by atoms with Crippen LogP contribution in [0.4, 0.5) is 4.79 Å². The lowest BCUT2D eigenvalue weighted by Gasteiger charge is -2.31. The molecule has 0 saturated carbocycles. The minimum Gasteiger partial charge on any atom is -0.309 e. The average Bonchev–Trinajstić information content (AvgIpc) is 2.68. The summed E-state index contributed by atoms with van der Waals surface area (Å²) in [6.07, 6.45) is 0.808. The van der Waals surface area contributed by atoms with Crippen molar-refractivity contribution in [2.24, 2.45) is 0 Å².